The summed E-state index contributed by atoms with van der Waals surface area (Å²) in [5, 5.41) is 0. The SMILES string of the molecule is COc1ccccc1CN1CCC[C@H](N)[C@@H]1c1ccccc1. The van der Waals surface area contributed by atoms with Gasteiger partial charge in [-0.1, -0.05) is 48.5 Å². The van der Waals surface area contributed by atoms with Gasteiger partial charge in [-0.2, -0.15) is 0 Å². The molecule has 0 unspecified atom stereocenters. The number of hydrogen-bond donors (Lipinski definition) is 1. The van der Waals surface area contributed by atoms with Crippen molar-refractivity contribution in [1.29, 1.82) is 0 Å². The molecule has 0 amide bonds. The Balaban J connectivity index is 1.87. The molecule has 1 aliphatic rings. The minimum Gasteiger partial charge on any atom is -0.496 e. The van der Waals surface area contributed by atoms with Crippen molar-refractivity contribution in [2.24, 2.45) is 5.73 Å². The van der Waals surface area contributed by atoms with Gasteiger partial charge in [0.15, 0.2) is 0 Å². The zero-order chi connectivity index (χ0) is 15.4. The first kappa shape index (κ1) is 15.1. The summed E-state index contributed by atoms with van der Waals surface area (Å²) in [5.74, 6) is 0.952. The van der Waals surface area contributed by atoms with Crippen LogP contribution in [-0.4, -0.2) is 24.6 Å². The summed E-state index contributed by atoms with van der Waals surface area (Å²) >= 11 is 0. The average Bonchev–Trinajstić information content (AvgIpc) is 2.56. The van der Waals surface area contributed by atoms with E-state index in [0.29, 0.717) is 0 Å². The van der Waals surface area contributed by atoms with E-state index in [9.17, 15) is 0 Å². The second kappa shape index (κ2) is 6.95. The molecular formula is C19H24N2O. The molecular weight excluding hydrogens is 272 g/mol. The molecule has 3 nitrogen and oxygen atoms in total. The highest BCUT2D eigenvalue weighted by molar-refractivity contribution is 5.33. The van der Waals surface area contributed by atoms with Crippen molar-refractivity contribution in [3.05, 3.63) is 65.7 Å². The van der Waals surface area contributed by atoms with Crippen molar-refractivity contribution in [2.45, 2.75) is 31.5 Å². The molecule has 0 aliphatic carbocycles. The Labute approximate surface area is 132 Å². The van der Waals surface area contributed by atoms with Gasteiger partial charge in [-0.25, -0.2) is 0 Å². The van der Waals surface area contributed by atoms with E-state index in [-0.39, 0.29) is 12.1 Å². The molecule has 1 fully saturated rings. The summed E-state index contributed by atoms with van der Waals surface area (Å²) in [6, 6.07) is 19.3. The normalized spacial score (nSPS) is 22.5. The van der Waals surface area contributed by atoms with E-state index in [2.05, 4.69) is 47.4 Å². The Bertz CT molecular complexity index is 599. The summed E-state index contributed by atoms with van der Waals surface area (Å²) in [4.78, 5) is 2.49. The molecule has 22 heavy (non-hydrogen) atoms. The lowest BCUT2D eigenvalue weighted by molar-refractivity contribution is 0.119. The van der Waals surface area contributed by atoms with E-state index in [0.717, 1.165) is 31.7 Å². The van der Waals surface area contributed by atoms with Gasteiger partial charge in [0.1, 0.15) is 5.75 Å². The molecule has 2 aromatic carbocycles. The zero-order valence-electron chi connectivity index (χ0n) is 13.1. The number of ether oxygens (including phenoxy) is 1. The average molecular weight is 296 g/mol. The third-order valence-electron chi connectivity index (χ3n) is 4.49. The van der Waals surface area contributed by atoms with E-state index in [1.165, 1.54) is 11.1 Å². The van der Waals surface area contributed by atoms with Crippen LogP contribution in [-0.2, 0) is 6.54 Å². The van der Waals surface area contributed by atoms with Gasteiger partial charge in [0.2, 0.25) is 0 Å². The van der Waals surface area contributed by atoms with Crippen LogP contribution in [0.1, 0.15) is 30.0 Å². The lowest BCUT2D eigenvalue weighted by Crippen LogP contribution is -2.45. The number of nitrogens with two attached hydrogens (primary N) is 1. The Kier molecular flexibility index (Phi) is 4.76. The van der Waals surface area contributed by atoms with Crippen LogP contribution in [0.15, 0.2) is 54.6 Å². The molecule has 2 N–H and O–H groups in total. The maximum Gasteiger partial charge on any atom is 0.123 e. The highest BCUT2D eigenvalue weighted by Gasteiger charge is 2.30. The number of likely N-dealkylation sites (tertiary alicyclic amines) is 1. The molecule has 0 aromatic heterocycles. The molecule has 0 bridgehead atoms. The molecule has 1 heterocycles. The van der Waals surface area contributed by atoms with Crippen LogP contribution in [0.3, 0.4) is 0 Å². The molecule has 2 atom stereocenters. The van der Waals surface area contributed by atoms with Crippen LogP contribution in [0.4, 0.5) is 0 Å². The largest absolute Gasteiger partial charge is 0.496 e. The molecule has 0 saturated carbocycles. The molecule has 0 spiro atoms. The Morgan fingerprint density at radius 1 is 1.09 bits per heavy atom. The first-order valence-corrected chi connectivity index (χ1v) is 7.96. The van der Waals surface area contributed by atoms with Gasteiger partial charge in [0.05, 0.1) is 13.2 Å². The first-order chi connectivity index (χ1) is 10.8. The minimum atomic E-state index is 0.186. The van der Waals surface area contributed by atoms with E-state index in [1.54, 1.807) is 7.11 Å². The molecule has 1 saturated heterocycles. The standard InChI is InChI=1S/C19H24N2O/c1-22-18-12-6-5-10-16(18)14-21-13-7-11-17(20)19(21)15-8-3-2-4-9-15/h2-6,8-10,12,17,19H,7,11,13-14,20H2,1H3/t17-,19-/m0/s1. The van der Waals surface area contributed by atoms with Crippen LogP contribution in [0, 0.1) is 0 Å². The van der Waals surface area contributed by atoms with Crippen LogP contribution in [0.25, 0.3) is 0 Å². The predicted molar refractivity (Wildman–Crippen MR) is 89.8 cm³/mol. The van der Waals surface area contributed by atoms with Gasteiger partial charge in [-0.05, 0) is 31.0 Å². The Hall–Kier alpha value is -1.84. The van der Waals surface area contributed by atoms with Crippen molar-refractivity contribution in [3.63, 3.8) is 0 Å². The van der Waals surface area contributed by atoms with Crippen molar-refractivity contribution >= 4 is 0 Å². The minimum absolute atomic E-state index is 0.186. The zero-order valence-corrected chi connectivity index (χ0v) is 13.1. The number of benzene rings is 2. The van der Waals surface area contributed by atoms with Gasteiger partial charge >= 0.3 is 0 Å². The number of rotatable bonds is 4. The molecule has 0 radical (unpaired) electrons. The third kappa shape index (κ3) is 3.16. The fraction of sp³-hybridized carbons (Fsp3) is 0.368. The number of nitrogens with zero attached hydrogens (tertiary/aromatic N) is 1. The van der Waals surface area contributed by atoms with Gasteiger partial charge in [-0.15, -0.1) is 0 Å². The summed E-state index contributed by atoms with van der Waals surface area (Å²) in [6.45, 7) is 1.95. The topological polar surface area (TPSA) is 38.5 Å². The molecule has 3 heteroatoms. The van der Waals surface area contributed by atoms with Crippen LogP contribution >= 0.6 is 0 Å². The maximum atomic E-state index is 6.45. The predicted octanol–water partition coefficient (Wildman–Crippen LogP) is 3.36. The molecule has 3 rings (SSSR count). The number of hydrogen-bond acceptors (Lipinski definition) is 3. The smallest absolute Gasteiger partial charge is 0.123 e. The van der Waals surface area contributed by atoms with E-state index in [1.807, 2.05) is 12.1 Å². The van der Waals surface area contributed by atoms with Crippen molar-refractivity contribution in [1.82, 2.24) is 4.90 Å². The van der Waals surface area contributed by atoms with E-state index in [4.69, 9.17) is 10.5 Å². The maximum absolute atomic E-state index is 6.45. The fourth-order valence-electron chi connectivity index (χ4n) is 3.44. The van der Waals surface area contributed by atoms with Crippen LogP contribution in [0.5, 0.6) is 5.75 Å². The monoisotopic (exact) mass is 296 g/mol. The second-order valence-electron chi connectivity index (χ2n) is 5.94. The summed E-state index contributed by atoms with van der Waals surface area (Å²) < 4.78 is 5.50. The Morgan fingerprint density at radius 3 is 2.59 bits per heavy atom. The number of para-hydroxylation sites is 1. The van der Waals surface area contributed by atoms with Crippen LogP contribution < -0.4 is 10.5 Å². The quantitative estimate of drug-likeness (QED) is 0.940. The highest BCUT2D eigenvalue weighted by Crippen LogP contribution is 2.32. The third-order valence-corrected chi connectivity index (χ3v) is 4.49. The molecule has 1 aliphatic heterocycles. The lowest BCUT2D eigenvalue weighted by atomic mass is 9.90. The van der Waals surface area contributed by atoms with E-state index < -0.39 is 0 Å². The molecule has 2 aromatic rings. The van der Waals surface area contributed by atoms with Gasteiger partial charge in [0, 0.05) is 18.2 Å². The number of piperidine rings is 1. The van der Waals surface area contributed by atoms with E-state index >= 15 is 0 Å². The van der Waals surface area contributed by atoms with Crippen molar-refractivity contribution in [2.75, 3.05) is 13.7 Å². The van der Waals surface area contributed by atoms with Gasteiger partial charge < -0.3 is 10.5 Å². The lowest BCUT2D eigenvalue weighted by Gasteiger charge is -2.40. The summed E-state index contributed by atoms with van der Waals surface area (Å²) in [6.07, 6.45) is 2.24. The Morgan fingerprint density at radius 2 is 1.82 bits per heavy atom. The first-order valence-electron chi connectivity index (χ1n) is 7.96. The van der Waals surface area contributed by atoms with Crippen molar-refractivity contribution in [3.8, 4) is 5.75 Å². The van der Waals surface area contributed by atoms with Crippen molar-refractivity contribution < 1.29 is 4.74 Å². The number of methoxy groups -OCH3 is 1. The molecule has 116 valence electrons. The summed E-state index contributed by atoms with van der Waals surface area (Å²) in [7, 11) is 1.73. The van der Waals surface area contributed by atoms with Crippen LogP contribution in [0.2, 0.25) is 0 Å². The second-order valence-corrected chi connectivity index (χ2v) is 5.94. The summed E-state index contributed by atoms with van der Waals surface area (Å²) in [5.41, 5.74) is 8.98. The van der Waals surface area contributed by atoms with Gasteiger partial charge in [0.25, 0.3) is 0 Å². The fourth-order valence-corrected chi connectivity index (χ4v) is 3.44. The highest BCUT2D eigenvalue weighted by atomic mass is 16.5. The van der Waals surface area contributed by atoms with Gasteiger partial charge in [-0.3, -0.25) is 4.90 Å².